The minimum Gasteiger partial charge on any atom is -0.478 e. The number of rotatable bonds is 6. The molecular formula is C22H26N2O4. The third-order valence-corrected chi connectivity index (χ3v) is 4.69. The third-order valence-electron chi connectivity index (χ3n) is 4.69. The molecule has 1 atom stereocenters. The van der Waals surface area contributed by atoms with Crippen LogP contribution in [0.15, 0.2) is 36.4 Å². The first kappa shape index (κ1) is 21.2. The van der Waals surface area contributed by atoms with Crippen LogP contribution < -0.4 is 10.6 Å². The van der Waals surface area contributed by atoms with Gasteiger partial charge in [0, 0.05) is 11.3 Å². The minimum atomic E-state index is -1.05. The summed E-state index contributed by atoms with van der Waals surface area (Å²) in [6.45, 7) is 9.02. The highest BCUT2D eigenvalue weighted by atomic mass is 16.4. The third kappa shape index (κ3) is 4.76. The largest absolute Gasteiger partial charge is 0.478 e. The molecule has 0 aliphatic heterocycles. The molecule has 0 spiro atoms. The molecule has 0 saturated carbocycles. The number of carbonyl (C=O) groups is 3. The maximum atomic E-state index is 12.9. The Morgan fingerprint density at radius 1 is 0.893 bits per heavy atom. The molecule has 0 saturated heterocycles. The van der Waals surface area contributed by atoms with Gasteiger partial charge in [0.25, 0.3) is 5.91 Å². The second kappa shape index (κ2) is 8.69. The zero-order valence-corrected chi connectivity index (χ0v) is 16.8. The molecule has 0 fully saturated rings. The zero-order valence-electron chi connectivity index (χ0n) is 16.8. The number of carbonyl (C=O) groups excluding carboxylic acids is 2. The van der Waals surface area contributed by atoms with Crippen LogP contribution in [0.2, 0.25) is 0 Å². The quantitative estimate of drug-likeness (QED) is 0.710. The Labute approximate surface area is 165 Å². The molecule has 148 valence electrons. The normalized spacial score (nSPS) is 11.8. The molecule has 2 aromatic rings. The van der Waals surface area contributed by atoms with Gasteiger partial charge in [0.15, 0.2) is 0 Å². The van der Waals surface area contributed by atoms with Gasteiger partial charge in [-0.15, -0.1) is 0 Å². The Bertz CT molecular complexity index is 919. The molecule has 0 radical (unpaired) electrons. The highest BCUT2D eigenvalue weighted by Gasteiger charge is 2.26. The molecule has 28 heavy (non-hydrogen) atoms. The van der Waals surface area contributed by atoms with E-state index in [0.29, 0.717) is 16.8 Å². The molecular weight excluding hydrogens is 356 g/mol. The van der Waals surface area contributed by atoms with E-state index in [2.05, 4.69) is 10.6 Å². The number of benzene rings is 2. The van der Waals surface area contributed by atoms with Gasteiger partial charge in [0.05, 0.1) is 5.56 Å². The van der Waals surface area contributed by atoms with Gasteiger partial charge >= 0.3 is 5.97 Å². The number of nitrogens with one attached hydrogen (secondary N) is 2. The standard InChI is InChI=1S/C22H26N2O4/c1-12(2)19(24-20(25)16-9-7-6-8-13(16)3)21(26)23-18-11-17(22(27)28)14(4)10-15(18)5/h6-12,19H,1-5H3,(H,23,26)(H,24,25)(H,27,28). The van der Waals surface area contributed by atoms with Crippen LogP contribution in [0.5, 0.6) is 0 Å². The molecule has 1 unspecified atom stereocenters. The highest BCUT2D eigenvalue weighted by molar-refractivity contribution is 6.02. The van der Waals surface area contributed by atoms with Crippen LogP contribution in [-0.2, 0) is 4.79 Å². The van der Waals surface area contributed by atoms with Crippen LogP contribution in [-0.4, -0.2) is 28.9 Å². The van der Waals surface area contributed by atoms with Gasteiger partial charge in [-0.05, 0) is 55.5 Å². The lowest BCUT2D eigenvalue weighted by Gasteiger charge is -2.23. The SMILES string of the molecule is Cc1cc(C)c(C(=O)O)cc1NC(=O)C(NC(=O)c1ccccc1C)C(C)C. The lowest BCUT2D eigenvalue weighted by Crippen LogP contribution is -2.47. The molecule has 2 rings (SSSR count). The number of amides is 2. The van der Waals surface area contributed by atoms with Crippen molar-refractivity contribution in [1.82, 2.24) is 5.32 Å². The predicted octanol–water partition coefficient (Wildman–Crippen LogP) is 3.70. The van der Waals surface area contributed by atoms with Crippen LogP contribution in [0, 0.1) is 26.7 Å². The molecule has 2 aromatic carbocycles. The van der Waals surface area contributed by atoms with Gasteiger partial charge in [-0.25, -0.2) is 4.79 Å². The number of carboxylic acid groups (broad SMARTS) is 1. The van der Waals surface area contributed by atoms with E-state index in [1.54, 1.807) is 32.0 Å². The minimum absolute atomic E-state index is 0.131. The van der Waals surface area contributed by atoms with Gasteiger partial charge in [-0.1, -0.05) is 38.1 Å². The summed E-state index contributed by atoms with van der Waals surface area (Å²) in [5, 5.41) is 14.9. The summed E-state index contributed by atoms with van der Waals surface area (Å²) in [4.78, 5) is 36.9. The maximum absolute atomic E-state index is 12.9. The van der Waals surface area contributed by atoms with Crippen LogP contribution >= 0.6 is 0 Å². The van der Waals surface area contributed by atoms with Crippen molar-refractivity contribution >= 4 is 23.5 Å². The first-order valence-corrected chi connectivity index (χ1v) is 9.13. The Morgan fingerprint density at radius 3 is 2.11 bits per heavy atom. The summed E-state index contributed by atoms with van der Waals surface area (Å²) in [6, 6.07) is 9.57. The average molecular weight is 382 g/mol. The van der Waals surface area contributed by atoms with Crippen molar-refractivity contribution in [2.45, 2.75) is 40.7 Å². The Hall–Kier alpha value is -3.15. The zero-order chi connectivity index (χ0) is 21.0. The fourth-order valence-electron chi connectivity index (χ4n) is 3.01. The fourth-order valence-corrected chi connectivity index (χ4v) is 3.01. The van der Waals surface area contributed by atoms with Crippen molar-refractivity contribution in [2.24, 2.45) is 5.92 Å². The number of aryl methyl sites for hydroxylation is 3. The van der Waals surface area contributed by atoms with Crippen molar-refractivity contribution in [3.8, 4) is 0 Å². The first-order chi connectivity index (χ1) is 13.1. The number of aromatic carboxylic acids is 1. The topological polar surface area (TPSA) is 95.5 Å². The molecule has 6 nitrogen and oxygen atoms in total. The van der Waals surface area contributed by atoms with E-state index in [9.17, 15) is 19.5 Å². The summed E-state index contributed by atoms with van der Waals surface area (Å²) in [6.07, 6.45) is 0. The molecule has 0 bridgehead atoms. The van der Waals surface area contributed by atoms with Crippen LogP contribution in [0.3, 0.4) is 0 Å². The molecule has 0 aliphatic carbocycles. The Balaban J connectivity index is 2.25. The smallest absolute Gasteiger partial charge is 0.336 e. The first-order valence-electron chi connectivity index (χ1n) is 9.13. The Morgan fingerprint density at radius 2 is 1.54 bits per heavy atom. The van der Waals surface area contributed by atoms with Crippen molar-refractivity contribution in [3.05, 3.63) is 64.2 Å². The summed E-state index contributed by atoms with van der Waals surface area (Å²) < 4.78 is 0. The van der Waals surface area contributed by atoms with Crippen molar-refractivity contribution in [3.63, 3.8) is 0 Å². The lowest BCUT2D eigenvalue weighted by atomic mass is 10.0. The summed E-state index contributed by atoms with van der Waals surface area (Å²) in [7, 11) is 0. The molecule has 3 N–H and O–H groups in total. The number of carboxylic acids is 1. The van der Waals surface area contributed by atoms with E-state index in [4.69, 9.17) is 0 Å². The van der Waals surface area contributed by atoms with Crippen molar-refractivity contribution in [1.29, 1.82) is 0 Å². The number of anilines is 1. The maximum Gasteiger partial charge on any atom is 0.336 e. The van der Waals surface area contributed by atoms with E-state index in [1.165, 1.54) is 6.07 Å². The molecule has 0 aromatic heterocycles. The predicted molar refractivity (Wildman–Crippen MR) is 109 cm³/mol. The van der Waals surface area contributed by atoms with E-state index in [-0.39, 0.29) is 23.3 Å². The summed E-state index contributed by atoms with van der Waals surface area (Å²) in [5.41, 5.74) is 3.26. The fraction of sp³-hybridized carbons (Fsp3) is 0.318. The summed E-state index contributed by atoms with van der Waals surface area (Å²) in [5.74, 6) is -1.92. The van der Waals surface area contributed by atoms with Gasteiger partial charge in [0.1, 0.15) is 6.04 Å². The van der Waals surface area contributed by atoms with Crippen LogP contribution in [0.1, 0.15) is 51.3 Å². The second-order valence-corrected chi connectivity index (χ2v) is 7.29. The number of hydrogen-bond acceptors (Lipinski definition) is 3. The monoisotopic (exact) mass is 382 g/mol. The Kier molecular flexibility index (Phi) is 6.57. The lowest BCUT2D eigenvalue weighted by molar-refractivity contribution is -0.118. The van der Waals surface area contributed by atoms with Gasteiger partial charge in [-0.3, -0.25) is 9.59 Å². The highest BCUT2D eigenvalue weighted by Crippen LogP contribution is 2.22. The van der Waals surface area contributed by atoms with Crippen molar-refractivity contribution < 1.29 is 19.5 Å². The number of hydrogen-bond donors (Lipinski definition) is 3. The van der Waals surface area contributed by atoms with E-state index >= 15 is 0 Å². The van der Waals surface area contributed by atoms with Gasteiger partial charge in [-0.2, -0.15) is 0 Å². The van der Waals surface area contributed by atoms with Crippen LogP contribution in [0.25, 0.3) is 0 Å². The molecule has 2 amide bonds. The van der Waals surface area contributed by atoms with E-state index < -0.39 is 12.0 Å². The van der Waals surface area contributed by atoms with E-state index in [1.807, 2.05) is 32.9 Å². The van der Waals surface area contributed by atoms with Gasteiger partial charge in [0.2, 0.25) is 5.91 Å². The molecule has 0 aliphatic rings. The average Bonchev–Trinajstić information content (AvgIpc) is 2.61. The second-order valence-electron chi connectivity index (χ2n) is 7.29. The molecule has 6 heteroatoms. The van der Waals surface area contributed by atoms with Gasteiger partial charge < -0.3 is 15.7 Å². The molecule has 0 heterocycles. The summed E-state index contributed by atoms with van der Waals surface area (Å²) >= 11 is 0. The van der Waals surface area contributed by atoms with E-state index in [0.717, 1.165) is 11.1 Å². The van der Waals surface area contributed by atoms with Crippen molar-refractivity contribution in [2.75, 3.05) is 5.32 Å². The van der Waals surface area contributed by atoms with Crippen LogP contribution in [0.4, 0.5) is 5.69 Å².